The smallest absolute Gasteiger partial charge is 0.252 e. The first-order chi connectivity index (χ1) is 11.1. The molecule has 1 aromatic heterocycles. The van der Waals surface area contributed by atoms with Gasteiger partial charge in [-0.15, -0.1) is 0 Å². The molecule has 1 heterocycles. The van der Waals surface area contributed by atoms with Crippen LogP contribution in [0.4, 0.5) is 0 Å². The molecule has 0 saturated carbocycles. The number of nitrogens with one attached hydrogen (secondary N) is 1. The van der Waals surface area contributed by atoms with E-state index in [9.17, 15) is 9.59 Å². The van der Waals surface area contributed by atoms with Crippen molar-refractivity contribution in [2.24, 2.45) is 0 Å². The van der Waals surface area contributed by atoms with Crippen LogP contribution in [0.2, 0.25) is 5.02 Å². The molecule has 2 rings (SSSR count). The van der Waals surface area contributed by atoms with Crippen LogP contribution in [0.25, 0.3) is 0 Å². The van der Waals surface area contributed by atoms with Crippen LogP contribution in [0.5, 0.6) is 0 Å². The van der Waals surface area contributed by atoms with Gasteiger partial charge >= 0.3 is 0 Å². The second kappa shape index (κ2) is 8.70. The molecule has 0 aliphatic carbocycles. The number of carbonyl (C=O) groups is 2. The summed E-state index contributed by atoms with van der Waals surface area (Å²) in [6.45, 7) is 1.05. The third kappa shape index (κ3) is 5.69. The predicted octanol–water partition coefficient (Wildman–Crippen LogP) is 3.57. The van der Waals surface area contributed by atoms with Crippen LogP contribution in [0.1, 0.15) is 28.8 Å². The van der Waals surface area contributed by atoms with Crippen LogP contribution in [0.3, 0.4) is 0 Å². The Labute approximate surface area is 145 Å². The first-order valence-electron chi connectivity index (χ1n) is 7.35. The van der Waals surface area contributed by atoms with Crippen LogP contribution >= 0.6 is 22.9 Å². The summed E-state index contributed by atoms with van der Waals surface area (Å²) in [5, 5.41) is 7.17. The van der Waals surface area contributed by atoms with Gasteiger partial charge in [-0.05, 0) is 35.6 Å². The summed E-state index contributed by atoms with van der Waals surface area (Å²) in [6, 6.07) is 9.23. The summed E-state index contributed by atoms with van der Waals surface area (Å²) in [6.07, 6.45) is 1.04. The Morgan fingerprint density at radius 2 is 1.96 bits per heavy atom. The minimum Gasteiger partial charge on any atom is -0.352 e. The maximum Gasteiger partial charge on any atom is 0.252 e. The number of halogens is 1. The summed E-state index contributed by atoms with van der Waals surface area (Å²) >= 11 is 7.33. The molecule has 0 aliphatic rings. The molecule has 0 saturated heterocycles. The first kappa shape index (κ1) is 17.5. The number of benzene rings is 1. The fourth-order valence-electron chi connectivity index (χ4n) is 2.08. The number of rotatable bonds is 7. The van der Waals surface area contributed by atoms with E-state index in [0.29, 0.717) is 36.5 Å². The number of hydrogen-bond donors (Lipinski definition) is 1. The fourth-order valence-corrected chi connectivity index (χ4v) is 2.84. The maximum atomic E-state index is 12.1. The average molecular weight is 351 g/mol. The van der Waals surface area contributed by atoms with E-state index in [4.69, 9.17) is 11.6 Å². The summed E-state index contributed by atoms with van der Waals surface area (Å²) in [5.41, 5.74) is 1.71. The second-order valence-electron chi connectivity index (χ2n) is 5.25. The average Bonchev–Trinajstić information content (AvgIpc) is 3.07. The Morgan fingerprint density at radius 3 is 2.61 bits per heavy atom. The van der Waals surface area contributed by atoms with Crippen LogP contribution in [0.15, 0.2) is 41.1 Å². The van der Waals surface area contributed by atoms with Gasteiger partial charge < -0.3 is 10.2 Å². The predicted molar refractivity (Wildman–Crippen MR) is 93.8 cm³/mol. The number of thiophene rings is 1. The summed E-state index contributed by atoms with van der Waals surface area (Å²) in [5.74, 6) is -0.0297. The van der Waals surface area contributed by atoms with Crippen molar-refractivity contribution in [3.63, 3.8) is 0 Å². The maximum absolute atomic E-state index is 12.1. The molecule has 0 bridgehead atoms. The summed E-state index contributed by atoms with van der Waals surface area (Å²) < 4.78 is 0. The normalized spacial score (nSPS) is 10.3. The van der Waals surface area contributed by atoms with Gasteiger partial charge in [-0.3, -0.25) is 9.59 Å². The highest BCUT2D eigenvalue weighted by Crippen LogP contribution is 2.11. The van der Waals surface area contributed by atoms with Crippen molar-refractivity contribution < 1.29 is 9.59 Å². The lowest BCUT2D eigenvalue weighted by molar-refractivity contribution is -0.130. The van der Waals surface area contributed by atoms with E-state index in [1.807, 2.05) is 29.6 Å². The molecular formula is C17H19ClN2O2S. The lowest BCUT2D eigenvalue weighted by Gasteiger charge is -2.17. The Morgan fingerprint density at radius 1 is 1.22 bits per heavy atom. The highest BCUT2D eigenvalue weighted by atomic mass is 35.5. The lowest BCUT2D eigenvalue weighted by Crippen LogP contribution is -2.28. The van der Waals surface area contributed by atoms with E-state index in [0.717, 1.165) is 5.56 Å². The molecule has 2 amide bonds. The standard InChI is InChI=1S/C17H19ClN2O2S/c1-20(11-13-4-6-15(18)7-5-13)16(21)3-2-9-19-17(22)14-8-10-23-12-14/h4-8,10,12H,2-3,9,11H2,1H3,(H,19,22). The van der Waals surface area contributed by atoms with Crippen molar-refractivity contribution in [3.8, 4) is 0 Å². The third-order valence-corrected chi connectivity index (χ3v) is 4.33. The highest BCUT2D eigenvalue weighted by molar-refractivity contribution is 7.08. The van der Waals surface area contributed by atoms with Gasteiger partial charge in [0.25, 0.3) is 5.91 Å². The van der Waals surface area contributed by atoms with E-state index < -0.39 is 0 Å². The molecule has 1 N–H and O–H groups in total. The molecule has 0 radical (unpaired) electrons. The molecule has 2 aromatic rings. The number of hydrogen-bond acceptors (Lipinski definition) is 3. The van der Waals surface area contributed by atoms with Crippen molar-refractivity contribution in [2.75, 3.05) is 13.6 Å². The molecule has 0 fully saturated rings. The minimum absolute atomic E-state index is 0.0599. The van der Waals surface area contributed by atoms with Gasteiger partial charge in [0.05, 0.1) is 0 Å². The van der Waals surface area contributed by atoms with Gasteiger partial charge in [0, 0.05) is 42.5 Å². The van der Waals surface area contributed by atoms with Crippen LogP contribution in [-0.4, -0.2) is 30.3 Å². The number of amides is 2. The van der Waals surface area contributed by atoms with Crippen molar-refractivity contribution in [3.05, 3.63) is 57.2 Å². The van der Waals surface area contributed by atoms with Gasteiger partial charge in [-0.25, -0.2) is 0 Å². The molecule has 122 valence electrons. The van der Waals surface area contributed by atoms with Crippen LogP contribution in [0, 0.1) is 0 Å². The quantitative estimate of drug-likeness (QED) is 0.776. The van der Waals surface area contributed by atoms with Gasteiger partial charge in [-0.2, -0.15) is 11.3 Å². The lowest BCUT2D eigenvalue weighted by atomic mass is 10.2. The summed E-state index contributed by atoms with van der Waals surface area (Å²) in [7, 11) is 1.78. The Hall–Kier alpha value is -1.85. The van der Waals surface area contributed by atoms with Crippen molar-refractivity contribution in [1.82, 2.24) is 10.2 Å². The topological polar surface area (TPSA) is 49.4 Å². The molecular weight excluding hydrogens is 332 g/mol. The van der Waals surface area contributed by atoms with E-state index in [-0.39, 0.29) is 11.8 Å². The Bertz CT molecular complexity index is 641. The van der Waals surface area contributed by atoms with Crippen LogP contribution in [-0.2, 0) is 11.3 Å². The van der Waals surface area contributed by atoms with E-state index in [1.54, 1.807) is 23.4 Å². The van der Waals surface area contributed by atoms with E-state index in [1.165, 1.54) is 11.3 Å². The molecule has 4 nitrogen and oxygen atoms in total. The SMILES string of the molecule is CN(Cc1ccc(Cl)cc1)C(=O)CCCNC(=O)c1ccsc1. The molecule has 23 heavy (non-hydrogen) atoms. The third-order valence-electron chi connectivity index (χ3n) is 3.40. The largest absolute Gasteiger partial charge is 0.352 e. The van der Waals surface area contributed by atoms with Crippen LogP contribution < -0.4 is 5.32 Å². The molecule has 6 heteroatoms. The second-order valence-corrected chi connectivity index (χ2v) is 6.46. The highest BCUT2D eigenvalue weighted by Gasteiger charge is 2.10. The van der Waals surface area contributed by atoms with Gasteiger partial charge in [0.2, 0.25) is 5.91 Å². The van der Waals surface area contributed by atoms with E-state index in [2.05, 4.69) is 5.32 Å². The monoisotopic (exact) mass is 350 g/mol. The van der Waals surface area contributed by atoms with E-state index >= 15 is 0 Å². The van der Waals surface area contributed by atoms with Crippen molar-refractivity contribution in [1.29, 1.82) is 0 Å². The zero-order valence-corrected chi connectivity index (χ0v) is 14.5. The van der Waals surface area contributed by atoms with Gasteiger partial charge in [0.15, 0.2) is 0 Å². The molecule has 0 spiro atoms. The number of carbonyl (C=O) groups excluding carboxylic acids is 2. The molecule has 0 aliphatic heterocycles. The Balaban J connectivity index is 1.67. The first-order valence-corrected chi connectivity index (χ1v) is 8.67. The molecule has 1 aromatic carbocycles. The Kier molecular flexibility index (Phi) is 6.62. The summed E-state index contributed by atoms with van der Waals surface area (Å²) in [4.78, 5) is 25.5. The zero-order valence-electron chi connectivity index (χ0n) is 12.9. The van der Waals surface area contributed by atoms with Gasteiger partial charge in [-0.1, -0.05) is 23.7 Å². The zero-order chi connectivity index (χ0) is 16.7. The fraction of sp³-hybridized carbons (Fsp3) is 0.294. The van der Waals surface area contributed by atoms with Crippen molar-refractivity contribution in [2.45, 2.75) is 19.4 Å². The number of nitrogens with zero attached hydrogens (tertiary/aromatic N) is 1. The van der Waals surface area contributed by atoms with Crippen molar-refractivity contribution >= 4 is 34.8 Å². The van der Waals surface area contributed by atoms with Gasteiger partial charge in [0.1, 0.15) is 0 Å². The molecule has 0 atom stereocenters. The molecule has 0 unspecified atom stereocenters. The minimum atomic E-state index is -0.0896.